The quantitative estimate of drug-likeness (QED) is 0.625. The van der Waals surface area contributed by atoms with Crippen molar-refractivity contribution in [2.75, 3.05) is 40.4 Å². The molecule has 1 unspecified atom stereocenters. The number of likely N-dealkylation sites (N-methyl/N-ethyl adjacent to an activating group) is 1. The molecule has 0 N–H and O–H groups in total. The zero-order valence-corrected chi connectivity index (χ0v) is 19.5. The van der Waals surface area contributed by atoms with Crippen molar-refractivity contribution in [3.8, 4) is 17.2 Å². The first-order valence-electron chi connectivity index (χ1n) is 9.65. The van der Waals surface area contributed by atoms with E-state index in [1.807, 2.05) is 37.4 Å². The van der Waals surface area contributed by atoms with Crippen molar-refractivity contribution in [1.82, 2.24) is 0 Å². The van der Waals surface area contributed by atoms with Gasteiger partial charge >= 0.3 is 5.78 Å². The number of carbonyl (C=O) groups excluding carboxylic acids is 1. The van der Waals surface area contributed by atoms with Crippen LogP contribution in [0.2, 0.25) is 0 Å². The highest BCUT2D eigenvalue weighted by Gasteiger charge is 2.48. The van der Waals surface area contributed by atoms with Crippen molar-refractivity contribution in [2.45, 2.75) is 15.9 Å². The molecular weight excluding hydrogens is 434 g/mol. The average molecular weight is 457 g/mol. The predicted octanol–water partition coefficient (Wildman–Crippen LogP) is 4.62. The molecule has 0 saturated carbocycles. The van der Waals surface area contributed by atoms with E-state index >= 15 is 0 Å². The normalized spacial score (nSPS) is 20.6. The second kappa shape index (κ2) is 7.85. The van der Waals surface area contributed by atoms with E-state index in [0.717, 1.165) is 59.8 Å². The molecule has 2 aliphatic heterocycles. The van der Waals surface area contributed by atoms with Gasteiger partial charge in [-0.05, 0) is 36.4 Å². The van der Waals surface area contributed by atoms with Crippen LogP contribution in [0, 0.1) is 0 Å². The van der Waals surface area contributed by atoms with E-state index in [4.69, 9.17) is 23.4 Å². The lowest BCUT2D eigenvalue weighted by Crippen LogP contribution is -2.39. The van der Waals surface area contributed by atoms with Crippen LogP contribution in [-0.4, -0.2) is 47.4 Å². The Kier molecular flexibility index (Phi) is 5.16. The van der Waals surface area contributed by atoms with Crippen LogP contribution >= 0.6 is 23.5 Å². The van der Waals surface area contributed by atoms with Crippen LogP contribution in [0.5, 0.6) is 17.2 Å². The Bertz CT molecular complexity index is 1170. The number of hydrogen-bond acceptors (Lipinski definition) is 7. The molecule has 1 aliphatic carbocycles. The molecule has 31 heavy (non-hydrogen) atoms. The number of methoxy groups -OCH3 is 3. The van der Waals surface area contributed by atoms with E-state index in [1.165, 1.54) is 0 Å². The maximum Gasteiger partial charge on any atom is 0.384 e. The molecular formula is C23H22NO5S2+. The van der Waals surface area contributed by atoms with E-state index in [1.54, 1.807) is 52.0 Å². The Morgan fingerprint density at radius 1 is 0.968 bits per heavy atom. The molecule has 0 amide bonds. The van der Waals surface area contributed by atoms with Crippen LogP contribution in [0.3, 0.4) is 0 Å². The number of fused-ring (bicyclic) bond motifs is 2. The number of hydrogen-bond donors (Lipinski definition) is 0. The van der Waals surface area contributed by atoms with Crippen LogP contribution < -0.4 is 19.1 Å². The predicted molar refractivity (Wildman–Crippen MR) is 123 cm³/mol. The highest BCUT2D eigenvalue weighted by Crippen LogP contribution is 2.54. The third-order valence-corrected chi connectivity index (χ3v) is 7.76. The first-order chi connectivity index (χ1) is 15.1. The van der Waals surface area contributed by atoms with Gasteiger partial charge in [-0.15, -0.1) is 0 Å². The summed E-state index contributed by atoms with van der Waals surface area (Å²) in [5, 5.41) is 0. The lowest BCUT2D eigenvalue weighted by atomic mass is 10.0. The number of anilines is 1. The summed E-state index contributed by atoms with van der Waals surface area (Å²) in [5.74, 6) is 3.89. The fourth-order valence-corrected chi connectivity index (χ4v) is 6.43. The Morgan fingerprint density at radius 3 is 2.35 bits per heavy atom. The summed E-state index contributed by atoms with van der Waals surface area (Å²) in [5.41, 5.74) is 2.07. The van der Waals surface area contributed by atoms with Gasteiger partial charge in [0.2, 0.25) is 0 Å². The molecule has 2 aromatic rings. The highest BCUT2D eigenvalue weighted by molar-refractivity contribution is 8.04. The lowest BCUT2D eigenvalue weighted by Gasteiger charge is -2.37. The molecule has 3 aliphatic rings. The molecule has 0 radical (unpaired) electrons. The van der Waals surface area contributed by atoms with Gasteiger partial charge in [-0.1, -0.05) is 23.5 Å². The second-order valence-corrected chi connectivity index (χ2v) is 9.20. The van der Waals surface area contributed by atoms with Crippen molar-refractivity contribution in [3.05, 3.63) is 57.7 Å². The minimum absolute atomic E-state index is 0.349. The first kappa shape index (κ1) is 20.4. The maximum absolute atomic E-state index is 6.37. The summed E-state index contributed by atoms with van der Waals surface area (Å²) in [6, 6.07) is 11.9. The third-order valence-electron chi connectivity index (χ3n) is 5.46. The van der Waals surface area contributed by atoms with E-state index in [9.17, 15) is 0 Å². The molecule has 2 aromatic carbocycles. The zero-order valence-electron chi connectivity index (χ0n) is 17.8. The summed E-state index contributed by atoms with van der Waals surface area (Å²) < 4.78 is 29.1. The Labute approximate surface area is 189 Å². The van der Waals surface area contributed by atoms with E-state index < -0.39 is 0 Å². The average Bonchev–Trinajstić information content (AvgIpc) is 2.80. The molecule has 2 heterocycles. The van der Waals surface area contributed by atoms with E-state index in [-0.39, 0.29) is 6.10 Å². The first-order valence-corrected chi connectivity index (χ1v) is 11.3. The molecule has 1 atom stereocenters. The van der Waals surface area contributed by atoms with Crippen LogP contribution in [0.15, 0.2) is 67.5 Å². The number of ketones is 1. The van der Waals surface area contributed by atoms with E-state index in [2.05, 4.69) is 11.0 Å². The second-order valence-electron chi connectivity index (χ2n) is 7.07. The summed E-state index contributed by atoms with van der Waals surface area (Å²) >= 11 is 3.27. The lowest BCUT2D eigenvalue weighted by molar-refractivity contribution is -0.418. The van der Waals surface area contributed by atoms with Crippen LogP contribution in [-0.2, 0) is 9.16 Å². The molecule has 8 heteroatoms. The van der Waals surface area contributed by atoms with Crippen LogP contribution in [0.4, 0.5) is 5.69 Å². The molecule has 0 bridgehead atoms. The summed E-state index contributed by atoms with van der Waals surface area (Å²) in [6.45, 7) is 0. The van der Waals surface area contributed by atoms with Crippen molar-refractivity contribution < 1.29 is 23.4 Å². The molecule has 0 spiro atoms. The van der Waals surface area contributed by atoms with Crippen molar-refractivity contribution in [1.29, 1.82) is 0 Å². The third kappa shape index (κ3) is 3.12. The molecule has 160 valence electrons. The van der Waals surface area contributed by atoms with Gasteiger partial charge in [-0.3, -0.25) is 4.42 Å². The number of benzene rings is 2. The number of allylic oxidation sites excluding steroid dienone is 1. The van der Waals surface area contributed by atoms with Gasteiger partial charge in [0, 0.05) is 19.1 Å². The minimum Gasteiger partial charge on any atom is -0.497 e. The number of nitrogens with zero attached hydrogens (tertiary/aromatic N) is 1. The van der Waals surface area contributed by atoms with Gasteiger partial charge in [-0.2, -0.15) is 0 Å². The van der Waals surface area contributed by atoms with Gasteiger partial charge < -0.3 is 23.8 Å². The summed E-state index contributed by atoms with van der Waals surface area (Å²) in [6.07, 6.45) is -0.349. The summed E-state index contributed by atoms with van der Waals surface area (Å²) in [7, 11) is 8.78. The fraction of sp³-hybridized carbons (Fsp3) is 0.261. The Balaban J connectivity index is 1.62. The van der Waals surface area contributed by atoms with Crippen LogP contribution in [0.1, 0.15) is 0 Å². The topological polar surface area (TPSA) is 51.5 Å². The van der Waals surface area contributed by atoms with Crippen molar-refractivity contribution >= 4 is 35.0 Å². The van der Waals surface area contributed by atoms with Gasteiger partial charge in [0.05, 0.1) is 29.7 Å². The molecule has 0 fully saturated rings. The largest absolute Gasteiger partial charge is 0.497 e. The minimum atomic E-state index is -0.349. The van der Waals surface area contributed by atoms with Crippen molar-refractivity contribution in [3.63, 3.8) is 0 Å². The Hall–Kier alpha value is -2.55. The standard InChI is InChI=1S/C23H22NO5S2/c1-24-14-8-6-12(25-2)10-16(14)30-22-18(24)19(27-4)23-21(20(22)28-5)29-15-9-7-13(26-3)11-17(15)31-23/h6-11,20H,1-5H3/q+1. The molecule has 0 aromatic heterocycles. The Morgan fingerprint density at radius 2 is 1.68 bits per heavy atom. The SMILES string of the molecule is COc1ccc2c(c1)SC1=C(O2)C(OC)C2=C(C1=[O+]C)N(C)c1ccc(OC)cc1S2. The zero-order chi connectivity index (χ0) is 21.7. The molecule has 5 rings (SSSR count). The maximum atomic E-state index is 6.37. The smallest absolute Gasteiger partial charge is 0.384 e. The fourth-order valence-electron chi connectivity index (χ4n) is 3.94. The van der Waals surface area contributed by atoms with E-state index in [0.29, 0.717) is 0 Å². The van der Waals surface area contributed by atoms with Gasteiger partial charge in [0.1, 0.15) is 23.4 Å². The summed E-state index contributed by atoms with van der Waals surface area (Å²) in [4.78, 5) is 6.16. The number of thioether (sulfide) groups is 2. The van der Waals surface area contributed by atoms with Gasteiger partial charge in [0.15, 0.2) is 16.4 Å². The monoisotopic (exact) mass is 456 g/mol. The molecule has 6 nitrogen and oxygen atoms in total. The van der Waals surface area contributed by atoms with Gasteiger partial charge in [-0.25, -0.2) is 0 Å². The van der Waals surface area contributed by atoms with Gasteiger partial charge in [0.25, 0.3) is 7.11 Å². The number of rotatable bonds is 3. The highest BCUT2D eigenvalue weighted by atomic mass is 32.2. The molecule has 0 saturated heterocycles. The van der Waals surface area contributed by atoms with Crippen molar-refractivity contribution in [2.24, 2.45) is 0 Å². The number of ether oxygens (including phenoxy) is 4. The van der Waals surface area contributed by atoms with Crippen LogP contribution in [0.25, 0.3) is 0 Å².